The molecule has 0 aliphatic rings. The lowest BCUT2D eigenvalue weighted by molar-refractivity contribution is -0.118. The van der Waals surface area contributed by atoms with Gasteiger partial charge in [-0.25, -0.2) is 4.98 Å². The van der Waals surface area contributed by atoms with Crippen molar-refractivity contribution in [1.29, 1.82) is 0 Å². The highest BCUT2D eigenvalue weighted by atomic mass is 32.1. The summed E-state index contributed by atoms with van der Waals surface area (Å²) >= 11 is 1.39. The fourth-order valence-corrected chi connectivity index (χ4v) is 3.15. The highest BCUT2D eigenvalue weighted by molar-refractivity contribution is 7.14. The van der Waals surface area contributed by atoms with Crippen LogP contribution in [0.5, 0.6) is 11.5 Å². The predicted octanol–water partition coefficient (Wildman–Crippen LogP) is 4.40. The number of carbonyl (C=O) groups excluding carboxylic acids is 1. The molecule has 1 heterocycles. The molecular weight excluding hydrogens is 348 g/mol. The molecule has 0 fully saturated rings. The summed E-state index contributed by atoms with van der Waals surface area (Å²) in [5, 5.41) is 5.24. The number of hydrogen-bond acceptors (Lipinski definition) is 5. The Morgan fingerprint density at radius 3 is 2.54 bits per heavy atom. The third-order valence-corrected chi connectivity index (χ3v) is 4.59. The number of aryl methyl sites for hydroxylation is 1. The fraction of sp³-hybridized carbons (Fsp3) is 0.200. The minimum Gasteiger partial charge on any atom is -0.493 e. The second-order valence-corrected chi connectivity index (χ2v) is 6.43. The van der Waals surface area contributed by atoms with Crippen LogP contribution < -0.4 is 14.8 Å². The number of hydrogen-bond donors (Lipinski definition) is 1. The standard InChI is InChI=1S/C20H20N2O3S/c1-3-14-8-10-15(11-9-14)16-13-26-20(21-16)22-19(23)12-25-18-7-5-4-6-17(18)24-2/h4-11,13H,3,12H2,1-2H3,(H,21,22,23). The molecule has 3 rings (SSSR count). The Morgan fingerprint density at radius 1 is 1.12 bits per heavy atom. The van der Waals surface area contributed by atoms with Gasteiger partial charge in [-0.05, 0) is 24.1 Å². The maximum absolute atomic E-state index is 12.1. The molecule has 0 bridgehead atoms. The number of benzene rings is 2. The van der Waals surface area contributed by atoms with Crippen molar-refractivity contribution in [2.75, 3.05) is 19.0 Å². The van der Waals surface area contributed by atoms with E-state index in [2.05, 4.69) is 29.4 Å². The van der Waals surface area contributed by atoms with Gasteiger partial charge >= 0.3 is 0 Å². The molecule has 1 N–H and O–H groups in total. The zero-order chi connectivity index (χ0) is 18.4. The summed E-state index contributed by atoms with van der Waals surface area (Å²) in [7, 11) is 1.56. The summed E-state index contributed by atoms with van der Waals surface area (Å²) in [6.45, 7) is 2.01. The van der Waals surface area contributed by atoms with Gasteiger partial charge in [0.1, 0.15) is 0 Å². The van der Waals surface area contributed by atoms with Crippen LogP contribution in [0, 0.1) is 0 Å². The number of thiazole rings is 1. The SMILES string of the molecule is CCc1ccc(-c2csc(NC(=O)COc3ccccc3OC)n2)cc1. The second kappa shape index (κ2) is 8.49. The number of carbonyl (C=O) groups is 1. The molecule has 3 aromatic rings. The van der Waals surface area contributed by atoms with Crippen molar-refractivity contribution in [1.82, 2.24) is 4.98 Å². The van der Waals surface area contributed by atoms with Gasteiger partial charge in [-0.1, -0.05) is 43.3 Å². The normalized spacial score (nSPS) is 10.4. The van der Waals surface area contributed by atoms with Gasteiger partial charge in [0.15, 0.2) is 23.2 Å². The van der Waals surface area contributed by atoms with Gasteiger partial charge in [-0.15, -0.1) is 11.3 Å². The van der Waals surface area contributed by atoms with Crippen molar-refractivity contribution in [3.63, 3.8) is 0 Å². The number of ether oxygens (including phenoxy) is 2. The Balaban J connectivity index is 1.59. The van der Waals surface area contributed by atoms with Crippen molar-refractivity contribution in [2.45, 2.75) is 13.3 Å². The molecular formula is C20H20N2O3S. The van der Waals surface area contributed by atoms with Crippen LogP contribution in [0.4, 0.5) is 5.13 Å². The van der Waals surface area contributed by atoms with Crippen LogP contribution in [0.1, 0.15) is 12.5 Å². The van der Waals surface area contributed by atoms with E-state index in [-0.39, 0.29) is 12.5 Å². The molecule has 6 heteroatoms. The third-order valence-electron chi connectivity index (χ3n) is 3.84. The van der Waals surface area contributed by atoms with Crippen LogP contribution in [0.2, 0.25) is 0 Å². The molecule has 0 atom stereocenters. The number of methoxy groups -OCH3 is 1. The van der Waals surface area contributed by atoms with Gasteiger partial charge in [0.25, 0.3) is 5.91 Å². The zero-order valence-corrected chi connectivity index (χ0v) is 15.5. The highest BCUT2D eigenvalue weighted by Gasteiger charge is 2.10. The number of amides is 1. The molecule has 0 aliphatic heterocycles. The molecule has 134 valence electrons. The summed E-state index contributed by atoms with van der Waals surface area (Å²) in [5.41, 5.74) is 3.16. The zero-order valence-electron chi connectivity index (χ0n) is 14.7. The maximum atomic E-state index is 12.1. The molecule has 0 unspecified atom stereocenters. The van der Waals surface area contributed by atoms with Crippen molar-refractivity contribution >= 4 is 22.4 Å². The topological polar surface area (TPSA) is 60.5 Å². The first-order valence-electron chi connectivity index (χ1n) is 8.30. The summed E-state index contributed by atoms with van der Waals surface area (Å²) in [5.74, 6) is 0.853. The molecule has 0 spiro atoms. The van der Waals surface area contributed by atoms with E-state index < -0.39 is 0 Å². The van der Waals surface area contributed by atoms with E-state index in [1.165, 1.54) is 16.9 Å². The highest BCUT2D eigenvalue weighted by Crippen LogP contribution is 2.27. The molecule has 0 radical (unpaired) electrons. The lowest BCUT2D eigenvalue weighted by atomic mass is 10.1. The minimum atomic E-state index is -0.266. The van der Waals surface area contributed by atoms with Gasteiger partial charge in [0.2, 0.25) is 0 Å². The average Bonchev–Trinajstić information content (AvgIpc) is 3.15. The van der Waals surface area contributed by atoms with E-state index in [4.69, 9.17) is 9.47 Å². The Bertz CT molecular complexity index is 875. The third kappa shape index (κ3) is 4.40. The largest absolute Gasteiger partial charge is 0.493 e. The molecule has 0 aliphatic carbocycles. The van der Waals surface area contributed by atoms with Gasteiger partial charge in [-0.3, -0.25) is 10.1 Å². The lowest BCUT2D eigenvalue weighted by Crippen LogP contribution is -2.20. The first-order valence-corrected chi connectivity index (χ1v) is 9.18. The second-order valence-electron chi connectivity index (χ2n) is 5.58. The van der Waals surface area contributed by atoms with Crippen molar-refractivity contribution in [3.8, 4) is 22.8 Å². The van der Waals surface area contributed by atoms with Crippen LogP contribution in [0.25, 0.3) is 11.3 Å². The van der Waals surface area contributed by atoms with E-state index in [0.717, 1.165) is 17.7 Å². The Hall–Kier alpha value is -2.86. The van der Waals surface area contributed by atoms with E-state index in [1.807, 2.05) is 29.6 Å². The summed E-state index contributed by atoms with van der Waals surface area (Å²) < 4.78 is 10.7. The van der Waals surface area contributed by atoms with Gasteiger partial charge < -0.3 is 9.47 Å². The Labute approximate surface area is 156 Å². The summed E-state index contributed by atoms with van der Waals surface area (Å²) in [6, 6.07) is 15.5. The molecule has 0 saturated carbocycles. The molecule has 2 aromatic carbocycles. The number of rotatable bonds is 7. The number of para-hydroxylation sites is 2. The number of aromatic nitrogens is 1. The summed E-state index contributed by atoms with van der Waals surface area (Å²) in [4.78, 5) is 16.6. The maximum Gasteiger partial charge on any atom is 0.264 e. The van der Waals surface area contributed by atoms with Gasteiger partial charge in [-0.2, -0.15) is 0 Å². The monoisotopic (exact) mass is 368 g/mol. The number of anilines is 1. The smallest absolute Gasteiger partial charge is 0.264 e. The van der Waals surface area contributed by atoms with Crippen LogP contribution >= 0.6 is 11.3 Å². The van der Waals surface area contributed by atoms with Crippen LogP contribution in [0.3, 0.4) is 0 Å². The predicted molar refractivity (Wildman–Crippen MR) is 104 cm³/mol. The molecule has 1 aromatic heterocycles. The lowest BCUT2D eigenvalue weighted by Gasteiger charge is -2.09. The van der Waals surface area contributed by atoms with E-state index in [9.17, 15) is 4.79 Å². The molecule has 26 heavy (non-hydrogen) atoms. The number of nitrogens with one attached hydrogen (secondary N) is 1. The van der Waals surface area contributed by atoms with Crippen LogP contribution in [-0.4, -0.2) is 24.6 Å². The quantitative estimate of drug-likeness (QED) is 0.671. The van der Waals surface area contributed by atoms with E-state index in [0.29, 0.717) is 16.6 Å². The fourth-order valence-electron chi connectivity index (χ4n) is 2.41. The van der Waals surface area contributed by atoms with Crippen LogP contribution in [-0.2, 0) is 11.2 Å². The van der Waals surface area contributed by atoms with E-state index >= 15 is 0 Å². The first-order chi connectivity index (χ1) is 12.7. The van der Waals surface area contributed by atoms with Gasteiger partial charge in [0.05, 0.1) is 12.8 Å². The van der Waals surface area contributed by atoms with Crippen molar-refractivity contribution in [3.05, 3.63) is 59.5 Å². The minimum absolute atomic E-state index is 0.111. The average molecular weight is 368 g/mol. The molecule has 0 saturated heterocycles. The van der Waals surface area contributed by atoms with Crippen LogP contribution in [0.15, 0.2) is 53.9 Å². The van der Waals surface area contributed by atoms with Crippen molar-refractivity contribution < 1.29 is 14.3 Å². The Kier molecular flexibility index (Phi) is 5.86. The number of nitrogens with zero attached hydrogens (tertiary/aromatic N) is 1. The van der Waals surface area contributed by atoms with E-state index in [1.54, 1.807) is 19.2 Å². The molecule has 5 nitrogen and oxygen atoms in total. The van der Waals surface area contributed by atoms with Gasteiger partial charge in [0, 0.05) is 10.9 Å². The van der Waals surface area contributed by atoms with Crippen molar-refractivity contribution in [2.24, 2.45) is 0 Å². The first kappa shape index (κ1) is 17.9. The molecule has 1 amide bonds. The summed E-state index contributed by atoms with van der Waals surface area (Å²) in [6.07, 6.45) is 1.00. The Morgan fingerprint density at radius 2 is 1.85 bits per heavy atom.